The third-order valence-electron chi connectivity index (χ3n) is 3.09. The van der Waals surface area contributed by atoms with Crippen molar-refractivity contribution < 1.29 is 13.2 Å². The van der Waals surface area contributed by atoms with E-state index in [1.54, 1.807) is 10.9 Å². The zero-order valence-corrected chi connectivity index (χ0v) is 11.9. The minimum atomic E-state index is -3.12. The number of hydrogen-bond acceptors (Lipinski definition) is 4. The molecule has 6 heteroatoms. The molecular weight excluding hydrogens is 252 g/mol. The number of ether oxygens (including phenoxy) is 1. The molecule has 2 heterocycles. The van der Waals surface area contributed by atoms with Crippen LogP contribution in [0.1, 0.15) is 32.8 Å². The van der Waals surface area contributed by atoms with Crippen LogP contribution in [0.15, 0.2) is 12.4 Å². The summed E-state index contributed by atoms with van der Waals surface area (Å²) in [5.74, 6) is 0.0527. The highest BCUT2D eigenvalue weighted by Gasteiger charge is 2.30. The van der Waals surface area contributed by atoms with Gasteiger partial charge >= 0.3 is 0 Å². The van der Waals surface area contributed by atoms with Gasteiger partial charge < -0.3 is 4.74 Å². The van der Waals surface area contributed by atoms with Crippen LogP contribution in [-0.2, 0) is 25.9 Å². The Morgan fingerprint density at radius 3 is 2.72 bits per heavy atom. The first kappa shape index (κ1) is 13.5. The fourth-order valence-corrected chi connectivity index (χ4v) is 3.56. The molecule has 0 saturated carbocycles. The molecule has 1 aliphatic heterocycles. The van der Waals surface area contributed by atoms with E-state index in [-0.39, 0.29) is 16.5 Å². The Balaban J connectivity index is 2.12. The lowest BCUT2D eigenvalue weighted by Crippen LogP contribution is -2.23. The Kier molecular flexibility index (Phi) is 3.51. The van der Waals surface area contributed by atoms with Crippen molar-refractivity contribution in [3.05, 3.63) is 18.0 Å². The van der Waals surface area contributed by atoms with Gasteiger partial charge in [-0.3, -0.25) is 4.68 Å². The molecule has 1 saturated heterocycles. The van der Waals surface area contributed by atoms with E-state index in [9.17, 15) is 8.42 Å². The first-order valence-corrected chi connectivity index (χ1v) is 7.84. The Hall–Kier alpha value is -0.880. The predicted octanol–water partition coefficient (Wildman–Crippen LogP) is 1.34. The molecule has 1 unspecified atom stereocenters. The first-order valence-electron chi connectivity index (χ1n) is 6.12. The molecule has 1 aliphatic rings. The van der Waals surface area contributed by atoms with Crippen LogP contribution in [0.25, 0.3) is 0 Å². The van der Waals surface area contributed by atoms with E-state index < -0.39 is 9.84 Å². The number of hydrogen-bond donors (Lipinski definition) is 0. The van der Waals surface area contributed by atoms with Crippen molar-refractivity contribution in [1.82, 2.24) is 9.78 Å². The minimum absolute atomic E-state index is 0.0527. The van der Waals surface area contributed by atoms with Gasteiger partial charge in [0.2, 0.25) is 0 Å². The molecule has 1 aromatic heterocycles. The van der Waals surface area contributed by atoms with Gasteiger partial charge in [-0.25, -0.2) is 8.42 Å². The maximum Gasteiger partial charge on any atom is 0.159 e. The van der Waals surface area contributed by atoms with E-state index in [4.69, 9.17) is 4.74 Å². The average molecular weight is 272 g/mol. The quantitative estimate of drug-likeness (QED) is 0.833. The Labute approximate surface area is 108 Å². The summed E-state index contributed by atoms with van der Waals surface area (Å²) in [6.45, 7) is 6.97. The molecule has 0 radical (unpaired) electrons. The lowest BCUT2D eigenvalue weighted by atomic mass is 10.1. The second-order valence-electron chi connectivity index (χ2n) is 5.76. The highest BCUT2D eigenvalue weighted by atomic mass is 32.2. The molecular formula is C12H20N2O3S. The summed E-state index contributed by atoms with van der Waals surface area (Å²) in [7, 11) is -3.12. The maximum atomic E-state index is 12.1. The molecule has 0 N–H and O–H groups in total. The van der Waals surface area contributed by atoms with Gasteiger partial charge in [-0.05, 0) is 27.2 Å². The van der Waals surface area contributed by atoms with E-state index >= 15 is 0 Å². The molecule has 2 rings (SSSR count). The van der Waals surface area contributed by atoms with E-state index in [0.29, 0.717) is 19.6 Å². The summed E-state index contributed by atoms with van der Waals surface area (Å²) in [5, 5.41) is 3.87. The predicted molar refractivity (Wildman–Crippen MR) is 69.1 cm³/mol. The Bertz CT molecular complexity index is 508. The molecule has 0 spiro atoms. The van der Waals surface area contributed by atoms with Gasteiger partial charge in [0.15, 0.2) is 9.84 Å². The van der Waals surface area contributed by atoms with Crippen molar-refractivity contribution in [2.45, 2.75) is 43.7 Å². The fourth-order valence-electron chi connectivity index (χ4n) is 1.95. The SMILES string of the molecule is CC(C)(C)n1cc(CS(=O)(=O)C2CCOC2)cn1. The van der Waals surface area contributed by atoms with Crippen molar-refractivity contribution in [3.63, 3.8) is 0 Å². The standard InChI is InChI=1S/C12H20N2O3S/c1-12(2,3)14-7-10(6-13-14)9-18(15,16)11-4-5-17-8-11/h6-7,11H,4-5,8-9H2,1-3H3. The highest BCUT2D eigenvalue weighted by Crippen LogP contribution is 2.20. The molecule has 0 bridgehead atoms. The number of rotatable bonds is 3. The normalized spacial score (nSPS) is 21.4. The van der Waals surface area contributed by atoms with Crippen LogP contribution in [0, 0.1) is 0 Å². The number of nitrogens with zero attached hydrogens (tertiary/aromatic N) is 2. The Morgan fingerprint density at radius 1 is 1.50 bits per heavy atom. The third kappa shape index (κ3) is 2.92. The zero-order chi connectivity index (χ0) is 13.4. The molecule has 0 amide bonds. The largest absolute Gasteiger partial charge is 0.380 e. The van der Waals surface area contributed by atoms with E-state index in [2.05, 4.69) is 5.10 Å². The van der Waals surface area contributed by atoms with Gasteiger partial charge in [-0.15, -0.1) is 0 Å². The van der Waals surface area contributed by atoms with E-state index in [0.717, 1.165) is 5.56 Å². The molecule has 1 atom stereocenters. The topological polar surface area (TPSA) is 61.2 Å². The van der Waals surface area contributed by atoms with Crippen LogP contribution in [0.5, 0.6) is 0 Å². The average Bonchev–Trinajstić information content (AvgIpc) is 2.83. The number of sulfone groups is 1. The molecule has 1 fully saturated rings. The monoisotopic (exact) mass is 272 g/mol. The molecule has 102 valence electrons. The lowest BCUT2D eigenvalue weighted by Gasteiger charge is -2.18. The second-order valence-corrected chi connectivity index (χ2v) is 8.04. The van der Waals surface area contributed by atoms with Crippen LogP contribution in [-0.4, -0.2) is 36.7 Å². The van der Waals surface area contributed by atoms with Gasteiger partial charge in [0.1, 0.15) is 0 Å². The van der Waals surface area contributed by atoms with E-state index in [1.807, 2.05) is 27.0 Å². The fraction of sp³-hybridized carbons (Fsp3) is 0.750. The van der Waals surface area contributed by atoms with E-state index in [1.165, 1.54) is 0 Å². The summed E-state index contributed by atoms with van der Waals surface area (Å²) < 4.78 is 31.2. The van der Waals surface area contributed by atoms with Crippen LogP contribution in [0.4, 0.5) is 0 Å². The molecule has 5 nitrogen and oxygen atoms in total. The van der Waals surface area contributed by atoms with Gasteiger partial charge in [-0.2, -0.15) is 5.10 Å². The van der Waals surface area contributed by atoms with Crippen molar-refractivity contribution in [3.8, 4) is 0 Å². The van der Waals surface area contributed by atoms with Gasteiger partial charge in [0, 0.05) is 18.4 Å². The van der Waals surface area contributed by atoms with Crippen LogP contribution in [0.3, 0.4) is 0 Å². The lowest BCUT2D eigenvalue weighted by molar-refractivity contribution is 0.198. The smallest absolute Gasteiger partial charge is 0.159 e. The van der Waals surface area contributed by atoms with Crippen molar-refractivity contribution in [2.75, 3.05) is 13.2 Å². The molecule has 0 aliphatic carbocycles. The summed E-state index contributed by atoms with van der Waals surface area (Å²) in [6, 6.07) is 0. The Morgan fingerprint density at radius 2 is 2.22 bits per heavy atom. The number of aromatic nitrogens is 2. The second kappa shape index (κ2) is 4.66. The van der Waals surface area contributed by atoms with Crippen molar-refractivity contribution >= 4 is 9.84 Å². The summed E-state index contributed by atoms with van der Waals surface area (Å²) in [4.78, 5) is 0. The summed E-state index contributed by atoms with van der Waals surface area (Å²) in [6.07, 6.45) is 4.06. The summed E-state index contributed by atoms with van der Waals surface area (Å²) in [5.41, 5.74) is 0.621. The van der Waals surface area contributed by atoms with Gasteiger partial charge in [0.05, 0.1) is 29.3 Å². The van der Waals surface area contributed by atoms with Gasteiger partial charge in [0.25, 0.3) is 0 Å². The van der Waals surface area contributed by atoms with Crippen LogP contribution in [0.2, 0.25) is 0 Å². The highest BCUT2D eigenvalue weighted by molar-refractivity contribution is 7.91. The van der Waals surface area contributed by atoms with Crippen LogP contribution < -0.4 is 0 Å². The van der Waals surface area contributed by atoms with Gasteiger partial charge in [-0.1, -0.05) is 0 Å². The van der Waals surface area contributed by atoms with Crippen molar-refractivity contribution in [1.29, 1.82) is 0 Å². The summed E-state index contributed by atoms with van der Waals surface area (Å²) >= 11 is 0. The minimum Gasteiger partial charge on any atom is -0.380 e. The first-order chi connectivity index (χ1) is 8.29. The van der Waals surface area contributed by atoms with Crippen molar-refractivity contribution in [2.24, 2.45) is 0 Å². The maximum absolute atomic E-state index is 12.1. The molecule has 0 aromatic carbocycles. The zero-order valence-electron chi connectivity index (χ0n) is 11.1. The van der Waals surface area contributed by atoms with Crippen LogP contribution >= 0.6 is 0 Å². The molecule has 18 heavy (non-hydrogen) atoms. The molecule has 1 aromatic rings. The third-order valence-corrected chi connectivity index (χ3v) is 5.21.